The molecule has 0 radical (unpaired) electrons. The van der Waals surface area contributed by atoms with Gasteiger partial charge in [-0.15, -0.1) is 0 Å². The van der Waals surface area contributed by atoms with Gasteiger partial charge in [0.25, 0.3) is 5.91 Å². The number of halogens is 1. The first-order valence-electron chi connectivity index (χ1n) is 11.1. The number of ether oxygens (including phenoxy) is 3. The Hall–Kier alpha value is -1.86. The largest absolute Gasteiger partial charge is 0.497 e. The van der Waals surface area contributed by atoms with Crippen molar-refractivity contribution < 1.29 is 23.8 Å². The summed E-state index contributed by atoms with van der Waals surface area (Å²) in [5, 5.41) is 0. The number of hydrogen-bond donors (Lipinski definition) is 0. The van der Waals surface area contributed by atoms with Gasteiger partial charge in [0.15, 0.2) is 11.5 Å². The first-order chi connectivity index (χ1) is 14.9. The lowest BCUT2D eigenvalue weighted by molar-refractivity contribution is -0.135. The van der Waals surface area contributed by atoms with Crippen LogP contribution in [0.2, 0.25) is 0 Å². The third kappa shape index (κ3) is 4.40. The number of benzene rings is 1. The Balaban J connectivity index is 1.65. The van der Waals surface area contributed by atoms with Crippen LogP contribution in [0.3, 0.4) is 0 Å². The molecule has 0 aromatic heterocycles. The van der Waals surface area contributed by atoms with Gasteiger partial charge in [0, 0.05) is 18.0 Å². The smallest absolute Gasteiger partial charge is 0.290 e. The van der Waals surface area contributed by atoms with Crippen LogP contribution in [-0.4, -0.2) is 53.9 Å². The molecule has 4 rings (SSSR count). The molecule has 1 fully saturated rings. The quantitative estimate of drug-likeness (QED) is 0.422. The van der Waals surface area contributed by atoms with Crippen LogP contribution < -0.4 is 4.74 Å². The number of methoxy groups -OCH3 is 1. The van der Waals surface area contributed by atoms with Crippen molar-refractivity contribution in [2.45, 2.75) is 62.6 Å². The maximum absolute atomic E-state index is 13.6. The summed E-state index contributed by atoms with van der Waals surface area (Å²) in [7, 11) is 1.62. The van der Waals surface area contributed by atoms with E-state index in [0.717, 1.165) is 30.6 Å². The zero-order valence-corrected chi connectivity index (χ0v) is 19.9. The Morgan fingerprint density at radius 2 is 1.94 bits per heavy atom. The van der Waals surface area contributed by atoms with Crippen LogP contribution in [-0.2, 0) is 19.1 Å². The highest BCUT2D eigenvalue weighted by Crippen LogP contribution is 2.47. The summed E-state index contributed by atoms with van der Waals surface area (Å²) in [6.07, 6.45) is 3.11. The van der Waals surface area contributed by atoms with E-state index < -0.39 is 6.04 Å². The van der Waals surface area contributed by atoms with E-state index in [-0.39, 0.29) is 35.6 Å². The van der Waals surface area contributed by atoms with Gasteiger partial charge in [-0.1, -0.05) is 28.1 Å². The summed E-state index contributed by atoms with van der Waals surface area (Å²) in [5.41, 5.74) is 1.41. The molecule has 4 unspecified atom stereocenters. The number of carbonyl (C=O) groups excluding carboxylic acids is 2. The number of ketones is 1. The number of Topliss-reactive ketones (excluding diaryl/α,β-unsaturated/α-hetero) is 1. The number of carbonyl (C=O) groups is 2. The Morgan fingerprint density at radius 3 is 2.61 bits per heavy atom. The van der Waals surface area contributed by atoms with E-state index in [1.165, 1.54) is 0 Å². The molecule has 7 heteroatoms. The topological polar surface area (TPSA) is 65.1 Å². The third-order valence-corrected chi connectivity index (χ3v) is 7.14. The second-order valence-electron chi connectivity index (χ2n) is 8.73. The first-order valence-corrected chi connectivity index (χ1v) is 12.0. The van der Waals surface area contributed by atoms with Crippen LogP contribution in [0.15, 0.2) is 35.6 Å². The lowest BCUT2D eigenvalue weighted by atomic mass is 9.77. The number of nitrogens with zero attached hydrogens (tertiary/aromatic N) is 1. The predicted molar refractivity (Wildman–Crippen MR) is 120 cm³/mol. The van der Waals surface area contributed by atoms with E-state index in [0.29, 0.717) is 30.0 Å². The molecular weight excluding hydrogens is 462 g/mol. The van der Waals surface area contributed by atoms with Crippen molar-refractivity contribution in [1.29, 1.82) is 0 Å². The molecule has 2 aliphatic heterocycles. The van der Waals surface area contributed by atoms with Crippen LogP contribution in [0.5, 0.6) is 5.75 Å². The van der Waals surface area contributed by atoms with E-state index in [1.807, 2.05) is 38.1 Å². The molecule has 31 heavy (non-hydrogen) atoms. The van der Waals surface area contributed by atoms with Gasteiger partial charge in [0.2, 0.25) is 0 Å². The highest BCUT2D eigenvalue weighted by Gasteiger charge is 2.52. The number of rotatable bonds is 7. The fraction of sp³-hybridized carbons (Fsp3) is 0.583. The zero-order chi connectivity index (χ0) is 22.1. The van der Waals surface area contributed by atoms with Crippen molar-refractivity contribution in [3.8, 4) is 5.75 Å². The fourth-order valence-electron chi connectivity index (χ4n) is 4.78. The molecule has 1 aromatic carbocycles. The first kappa shape index (κ1) is 22.3. The van der Waals surface area contributed by atoms with Crippen molar-refractivity contribution >= 4 is 27.6 Å². The number of fused-ring (bicyclic) bond motifs is 1. The summed E-state index contributed by atoms with van der Waals surface area (Å²) < 4.78 is 17.2. The zero-order valence-electron chi connectivity index (χ0n) is 18.3. The molecule has 1 saturated carbocycles. The fourth-order valence-corrected chi connectivity index (χ4v) is 5.45. The highest BCUT2D eigenvalue weighted by atomic mass is 79.9. The molecule has 1 aromatic rings. The minimum absolute atomic E-state index is 0.0606. The van der Waals surface area contributed by atoms with E-state index in [2.05, 4.69) is 15.9 Å². The minimum Gasteiger partial charge on any atom is -0.497 e. The number of hydrogen-bond acceptors (Lipinski definition) is 5. The van der Waals surface area contributed by atoms with Crippen molar-refractivity contribution in [2.24, 2.45) is 5.92 Å². The number of alkyl halides is 1. The molecule has 0 bridgehead atoms. The molecule has 4 atom stereocenters. The van der Waals surface area contributed by atoms with Crippen molar-refractivity contribution in [2.75, 3.05) is 20.3 Å². The molecule has 1 amide bonds. The van der Waals surface area contributed by atoms with Gasteiger partial charge in [-0.3, -0.25) is 9.59 Å². The molecule has 1 aliphatic carbocycles. The molecule has 6 nitrogen and oxygen atoms in total. The van der Waals surface area contributed by atoms with E-state index >= 15 is 0 Å². The molecule has 0 spiro atoms. The molecule has 0 saturated heterocycles. The summed E-state index contributed by atoms with van der Waals surface area (Å²) >= 11 is 3.67. The Kier molecular flexibility index (Phi) is 6.72. The third-order valence-electron chi connectivity index (χ3n) is 6.31. The van der Waals surface area contributed by atoms with Crippen LogP contribution in [0, 0.1) is 5.92 Å². The average molecular weight is 492 g/mol. The van der Waals surface area contributed by atoms with Gasteiger partial charge in [-0.25, -0.2) is 0 Å². The van der Waals surface area contributed by atoms with Crippen LogP contribution in [0.25, 0.3) is 0 Å². The maximum atomic E-state index is 13.6. The Bertz CT molecular complexity index is 865. The average Bonchev–Trinajstić information content (AvgIpc) is 3.04. The summed E-state index contributed by atoms with van der Waals surface area (Å²) in [4.78, 5) is 29.1. The predicted octanol–water partition coefficient (Wildman–Crippen LogP) is 4.18. The van der Waals surface area contributed by atoms with Gasteiger partial charge in [0.1, 0.15) is 11.9 Å². The van der Waals surface area contributed by atoms with Gasteiger partial charge in [-0.05, 0) is 57.2 Å². The monoisotopic (exact) mass is 491 g/mol. The van der Waals surface area contributed by atoms with Crippen molar-refractivity contribution in [3.63, 3.8) is 0 Å². The van der Waals surface area contributed by atoms with Gasteiger partial charge in [0.05, 0.1) is 30.7 Å². The second-order valence-corrected chi connectivity index (χ2v) is 10.0. The van der Waals surface area contributed by atoms with Crippen LogP contribution in [0.1, 0.15) is 51.1 Å². The van der Waals surface area contributed by atoms with Gasteiger partial charge < -0.3 is 19.1 Å². The summed E-state index contributed by atoms with van der Waals surface area (Å²) in [6.45, 7) is 5.05. The summed E-state index contributed by atoms with van der Waals surface area (Å²) in [6, 6.07) is 7.15. The molecule has 3 aliphatic rings. The lowest BCUT2D eigenvalue weighted by Gasteiger charge is -2.37. The molecule has 0 N–H and O–H groups in total. The van der Waals surface area contributed by atoms with Gasteiger partial charge in [-0.2, -0.15) is 0 Å². The van der Waals surface area contributed by atoms with Crippen LogP contribution >= 0.6 is 15.9 Å². The Morgan fingerprint density at radius 1 is 1.19 bits per heavy atom. The van der Waals surface area contributed by atoms with Crippen molar-refractivity contribution in [1.82, 2.24) is 4.90 Å². The Labute approximate surface area is 192 Å². The normalized spacial score (nSPS) is 28.0. The van der Waals surface area contributed by atoms with E-state index in [9.17, 15) is 9.59 Å². The standard InChI is InChI=1S/C24H30BrNO5/c1-14(2)30-12-4-11-26-21(15-5-8-17(29-3)9-6-15)20-22(27)18-13-16(25)7-10-19(18)31-23(20)24(26)28/h5-6,8-9,14,16,18-19,21H,4,7,10-13H2,1-3H3. The van der Waals surface area contributed by atoms with E-state index in [4.69, 9.17) is 14.2 Å². The minimum atomic E-state index is -0.434. The second kappa shape index (κ2) is 9.33. The highest BCUT2D eigenvalue weighted by molar-refractivity contribution is 9.09. The van der Waals surface area contributed by atoms with Crippen molar-refractivity contribution in [3.05, 3.63) is 41.2 Å². The summed E-state index contributed by atoms with van der Waals surface area (Å²) in [5.74, 6) is 0.665. The SMILES string of the molecule is COc1ccc(C2C3=C(OC4CCC(Br)CC4C3=O)C(=O)N2CCCOC(C)C)cc1. The van der Waals surface area contributed by atoms with Crippen LogP contribution in [0.4, 0.5) is 0 Å². The van der Waals surface area contributed by atoms with Gasteiger partial charge >= 0.3 is 0 Å². The molecule has 2 heterocycles. The number of amides is 1. The molecular formula is C24H30BrNO5. The maximum Gasteiger partial charge on any atom is 0.290 e. The van der Waals surface area contributed by atoms with E-state index in [1.54, 1.807) is 12.0 Å². The lowest BCUT2D eigenvalue weighted by Crippen LogP contribution is -2.41. The molecule has 168 valence electrons.